The molecule has 0 amide bonds. The molecule has 0 bridgehead atoms. The molecule has 1 aromatic heterocycles. The van der Waals surface area contributed by atoms with Crippen molar-refractivity contribution in [3.8, 4) is 0 Å². The van der Waals surface area contributed by atoms with Crippen LogP contribution in [0.2, 0.25) is 0 Å². The van der Waals surface area contributed by atoms with E-state index < -0.39 is 0 Å². The summed E-state index contributed by atoms with van der Waals surface area (Å²) in [4.78, 5) is 9.41. The van der Waals surface area contributed by atoms with Crippen molar-refractivity contribution in [3.05, 3.63) is 17.1 Å². The Balaban J connectivity index is 1.75. The minimum absolute atomic E-state index is 0.644. The molecule has 4 heteroatoms. The molecule has 0 atom stereocenters. The number of aromatic nitrogens is 2. The van der Waals surface area contributed by atoms with Crippen molar-refractivity contribution in [2.45, 2.75) is 50.7 Å². The lowest BCUT2D eigenvalue weighted by Gasteiger charge is -2.10. The molecule has 2 saturated carbocycles. The lowest BCUT2D eigenvalue weighted by Crippen LogP contribution is -2.10. The van der Waals surface area contributed by atoms with E-state index in [1.54, 1.807) is 0 Å². The Morgan fingerprint density at radius 2 is 1.94 bits per heavy atom. The van der Waals surface area contributed by atoms with Gasteiger partial charge in [-0.2, -0.15) is 0 Å². The maximum atomic E-state index is 4.72. The van der Waals surface area contributed by atoms with Crippen LogP contribution in [0.3, 0.4) is 0 Å². The molecular weight excluding hydrogens is 200 g/mol. The third kappa shape index (κ3) is 1.48. The molecule has 0 unspecified atom stereocenters. The summed E-state index contributed by atoms with van der Waals surface area (Å²) in [5.74, 6) is 2.83. The van der Waals surface area contributed by atoms with Gasteiger partial charge in [-0.05, 0) is 25.7 Å². The van der Waals surface area contributed by atoms with Gasteiger partial charge >= 0.3 is 0 Å². The lowest BCUT2D eigenvalue weighted by atomic mass is 10.2. The number of fused-ring (bicyclic) bond motifs is 1. The van der Waals surface area contributed by atoms with Crippen molar-refractivity contribution in [1.29, 1.82) is 0 Å². The summed E-state index contributed by atoms with van der Waals surface area (Å²) in [6.45, 7) is 1.84. The Morgan fingerprint density at radius 3 is 2.69 bits per heavy atom. The van der Waals surface area contributed by atoms with Gasteiger partial charge in [0.15, 0.2) is 0 Å². The molecule has 0 spiro atoms. The summed E-state index contributed by atoms with van der Waals surface area (Å²) in [6.07, 6.45) is 5.14. The fraction of sp³-hybridized carbons (Fsp3) is 0.667. The van der Waals surface area contributed by atoms with Crippen LogP contribution in [0, 0.1) is 0 Å². The van der Waals surface area contributed by atoms with E-state index >= 15 is 0 Å². The molecule has 2 heterocycles. The van der Waals surface area contributed by atoms with E-state index in [-0.39, 0.29) is 0 Å². The third-order valence-electron chi connectivity index (χ3n) is 3.56. The van der Waals surface area contributed by atoms with Crippen molar-refractivity contribution < 1.29 is 0 Å². The normalized spacial score (nSPS) is 23.2. The quantitative estimate of drug-likeness (QED) is 0.804. The molecule has 0 saturated heterocycles. The lowest BCUT2D eigenvalue weighted by molar-refractivity contribution is 0.755. The minimum Gasteiger partial charge on any atom is -0.367 e. The maximum Gasteiger partial charge on any atom is 0.134 e. The predicted octanol–water partition coefficient (Wildman–Crippen LogP) is 1.53. The highest BCUT2D eigenvalue weighted by Gasteiger charge is 2.31. The molecule has 2 fully saturated rings. The molecule has 4 nitrogen and oxygen atoms in total. The predicted molar refractivity (Wildman–Crippen MR) is 61.2 cm³/mol. The zero-order chi connectivity index (χ0) is 10.5. The molecule has 16 heavy (non-hydrogen) atoms. The second-order valence-electron chi connectivity index (χ2n) is 5.15. The molecule has 0 radical (unpaired) electrons. The third-order valence-corrected chi connectivity index (χ3v) is 3.56. The van der Waals surface area contributed by atoms with Crippen molar-refractivity contribution in [3.63, 3.8) is 0 Å². The van der Waals surface area contributed by atoms with Crippen LogP contribution in [-0.4, -0.2) is 16.0 Å². The highest BCUT2D eigenvalue weighted by Crippen LogP contribution is 2.39. The van der Waals surface area contributed by atoms with Crippen LogP contribution in [0.1, 0.15) is 48.7 Å². The Hall–Kier alpha value is -1.16. The van der Waals surface area contributed by atoms with E-state index in [4.69, 9.17) is 9.97 Å². The number of rotatable bonds is 3. The van der Waals surface area contributed by atoms with Crippen LogP contribution in [0.25, 0.3) is 0 Å². The molecule has 84 valence electrons. The van der Waals surface area contributed by atoms with Crippen molar-refractivity contribution >= 4 is 5.82 Å². The van der Waals surface area contributed by atoms with Crippen molar-refractivity contribution in [2.24, 2.45) is 0 Å². The van der Waals surface area contributed by atoms with Crippen molar-refractivity contribution in [1.82, 2.24) is 15.3 Å². The Kier molecular flexibility index (Phi) is 1.77. The van der Waals surface area contributed by atoms with Gasteiger partial charge in [0.1, 0.15) is 11.6 Å². The number of hydrogen-bond acceptors (Lipinski definition) is 4. The van der Waals surface area contributed by atoms with E-state index in [2.05, 4.69) is 10.6 Å². The van der Waals surface area contributed by atoms with E-state index in [0.29, 0.717) is 12.0 Å². The Morgan fingerprint density at radius 1 is 1.06 bits per heavy atom. The summed E-state index contributed by atoms with van der Waals surface area (Å²) in [5.41, 5.74) is 2.52. The van der Waals surface area contributed by atoms with Crippen LogP contribution in [0.4, 0.5) is 5.82 Å². The highest BCUT2D eigenvalue weighted by molar-refractivity contribution is 5.50. The van der Waals surface area contributed by atoms with Crippen molar-refractivity contribution in [2.75, 3.05) is 5.32 Å². The minimum atomic E-state index is 0.644. The van der Waals surface area contributed by atoms with Gasteiger partial charge in [0, 0.05) is 30.6 Å². The van der Waals surface area contributed by atoms with Gasteiger partial charge in [0.2, 0.25) is 0 Å². The van der Waals surface area contributed by atoms with Gasteiger partial charge in [-0.15, -0.1) is 0 Å². The van der Waals surface area contributed by atoms with Gasteiger partial charge in [0.05, 0.1) is 5.69 Å². The molecule has 2 aliphatic carbocycles. The fourth-order valence-corrected chi connectivity index (χ4v) is 2.25. The van der Waals surface area contributed by atoms with E-state index in [1.807, 2.05) is 0 Å². The topological polar surface area (TPSA) is 49.8 Å². The van der Waals surface area contributed by atoms with E-state index in [1.165, 1.54) is 36.9 Å². The van der Waals surface area contributed by atoms with Gasteiger partial charge < -0.3 is 10.6 Å². The Labute approximate surface area is 94.9 Å². The first-order chi connectivity index (χ1) is 7.90. The maximum absolute atomic E-state index is 4.72. The molecular formula is C12H16N4. The smallest absolute Gasteiger partial charge is 0.134 e. The second-order valence-corrected chi connectivity index (χ2v) is 5.15. The average Bonchev–Trinajstić information content (AvgIpc) is 3.18. The standard InChI is InChI=1S/C12H16N4/c1-2-7(1)11-15-10-6-13-5-9(10)12(16-11)14-8-3-4-8/h7-8,13H,1-6H2,(H,14,15,16). The number of nitrogens with zero attached hydrogens (tertiary/aromatic N) is 2. The summed E-state index contributed by atoms with van der Waals surface area (Å²) in [5, 5.41) is 6.91. The highest BCUT2D eigenvalue weighted by atomic mass is 15.1. The molecule has 1 aromatic rings. The van der Waals surface area contributed by atoms with Crippen LogP contribution in [0.15, 0.2) is 0 Å². The summed E-state index contributed by atoms with van der Waals surface area (Å²) >= 11 is 0. The fourth-order valence-electron chi connectivity index (χ4n) is 2.25. The van der Waals surface area contributed by atoms with Crippen LogP contribution in [-0.2, 0) is 13.1 Å². The number of anilines is 1. The monoisotopic (exact) mass is 216 g/mol. The summed E-state index contributed by atoms with van der Waals surface area (Å²) in [6, 6.07) is 0.673. The Bertz CT molecular complexity index is 435. The summed E-state index contributed by atoms with van der Waals surface area (Å²) < 4.78 is 0. The second kappa shape index (κ2) is 3.17. The van der Waals surface area contributed by atoms with E-state index in [0.717, 1.165) is 24.7 Å². The molecule has 0 aromatic carbocycles. The first-order valence-corrected chi connectivity index (χ1v) is 6.27. The van der Waals surface area contributed by atoms with Gasteiger partial charge in [0.25, 0.3) is 0 Å². The molecule has 2 N–H and O–H groups in total. The first kappa shape index (κ1) is 8.93. The largest absolute Gasteiger partial charge is 0.367 e. The molecule has 4 rings (SSSR count). The van der Waals surface area contributed by atoms with Gasteiger partial charge in [-0.1, -0.05) is 0 Å². The zero-order valence-corrected chi connectivity index (χ0v) is 9.29. The van der Waals surface area contributed by atoms with Crippen LogP contribution >= 0.6 is 0 Å². The zero-order valence-electron chi connectivity index (χ0n) is 9.29. The van der Waals surface area contributed by atoms with Crippen LogP contribution < -0.4 is 10.6 Å². The number of hydrogen-bond donors (Lipinski definition) is 2. The SMILES string of the molecule is C1NCc2c1nc(C1CC1)nc2NC1CC1. The summed E-state index contributed by atoms with van der Waals surface area (Å²) in [7, 11) is 0. The van der Waals surface area contributed by atoms with E-state index in [9.17, 15) is 0 Å². The van der Waals surface area contributed by atoms with Gasteiger partial charge in [-0.25, -0.2) is 9.97 Å². The first-order valence-electron chi connectivity index (χ1n) is 6.27. The van der Waals surface area contributed by atoms with Crippen LogP contribution in [0.5, 0.6) is 0 Å². The molecule has 1 aliphatic heterocycles. The average molecular weight is 216 g/mol. The molecule has 3 aliphatic rings. The number of nitrogens with one attached hydrogen (secondary N) is 2. The van der Waals surface area contributed by atoms with Gasteiger partial charge in [-0.3, -0.25) is 0 Å².